The van der Waals surface area contributed by atoms with Gasteiger partial charge in [-0.25, -0.2) is 0 Å². The Bertz CT molecular complexity index is 287. The molecule has 0 bridgehead atoms. The van der Waals surface area contributed by atoms with E-state index in [4.69, 9.17) is 0 Å². The van der Waals surface area contributed by atoms with Crippen LogP contribution in [0.2, 0.25) is 0 Å². The Kier molecular flexibility index (Phi) is 8.18. The first-order valence-electron chi connectivity index (χ1n) is 5.15. The van der Waals surface area contributed by atoms with Crippen LogP contribution in [0.25, 0.3) is 0 Å². The Hall–Kier alpha value is -0.00610. The minimum atomic E-state index is 0. The van der Waals surface area contributed by atoms with Gasteiger partial charge in [-0.15, -0.1) is 0 Å². The zero-order valence-electron chi connectivity index (χ0n) is 9.55. The molecule has 79 valence electrons. The number of rotatable bonds is 5. The second kappa shape index (κ2) is 8.18. The fourth-order valence-corrected chi connectivity index (χ4v) is 1.68. The molecule has 0 aliphatic heterocycles. The second-order valence-electron chi connectivity index (χ2n) is 3.77. The van der Waals surface area contributed by atoms with Gasteiger partial charge in [0.05, 0.1) is 0 Å². The third-order valence-corrected chi connectivity index (χ3v) is 2.24. The summed E-state index contributed by atoms with van der Waals surface area (Å²) in [5.41, 5.74) is 3.77. The molecule has 1 radical (unpaired) electrons. The molecule has 1 rings (SSSR count). The molecule has 0 N–H and O–H groups in total. The van der Waals surface area contributed by atoms with Crippen LogP contribution in [-0.2, 0) is 43.9 Å². The molecule has 0 atom stereocenters. The third-order valence-electron chi connectivity index (χ3n) is 2.24. The van der Waals surface area contributed by atoms with Crippen molar-refractivity contribution in [2.45, 2.75) is 39.5 Å². The number of benzene rings is 1. The normalized spacial score (nSPS) is 9.47. The van der Waals surface area contributed by atoms with E-state index in [1.165, 1.54) is 16.7 Å². The van der Waals surface area contributed by atoms with E-state index in [0.29, 0.717) is 6.42 Å². The first-order valence-corrected chi connectivity index (χ1v) is 5.15. The fraction of sp³-hybridized carbons (Fsp3) is 0.462. The summed E-state index contributed by atoms with van der Waals surface area (Å²) in [5.74, 6) is 0. The van der Waals surface area contributed by atoms with Gasteiger partial charge >= 0.3 is 0 Å². The van der Waals surface area contributed by atoms with Crippen LogP contribution < -0.4 is 0 Å². The van der Waals surface area contributed by atoms with Crippen molar-refractivity contribution in [1.29, 1.82) is 0 Å². The first-order chi connectivity index (χ1) is 6.72. The van der Waals surface area contributed by atoms with Crippen molar-refractivity contribution in [2.24, 2.45) is 0 Å². The van der Waals surface area contributed by atoms with E-state index in [-0.39, 0.29) is 32.7 Å². The molecule has 0 saturated heterocycles. The number of aryl methyl sites for hydroxylation is 3. The Morgan fingerprint density at radius 2 is 1.80 bits per heavy atom. The number of carbonyl (C=O) groups is 1. The third kappa shape index (κ3) is 6.22. The van der Waals surface area contributed by atoms with Crippen molar-refractivity contribution in [1.82, 2.24) is 0 Å². The predicted molar refractivity (Wildman–Crippen MR) is 58.4 cm³/mol. The van der Waals surface area contributed by atoms with Gasteiger partial charge in [-0.05, 0) is 6.42 Å². The van der Waals surface area contributed by atoms with Gasteiger partial charge in [0, 0.05) is 39.1 Å². The molecule has 2 heteroatoms. The van der Waals surface area contributed by atoms with Crippen LogP contribution in [0.1, 0.15) is 36.0 Å². The van der Waals surface area contributed by atoms with Gasteiger partial charge in [0.25, 0.3) is 0 Å². The number of aldehydes is 1. The maximum Gasteiger partial charge on any atom is 0.119 e. The van der Waals surface area contributed by atoms with Crippen LogP contribution in [0.5, 0.6) is 0 Å². The maximum atomic E-state index is 10.1. The van der Waals surface area contributed by atoms with E-state index < -0.39 is 0 Å². The molecule has 1 aromatic carbocycles. The summed E-state index contributed by atoms with van der Waals surface area (Å²) in [4.78, 5) is 10.1. The Balaban J connectivity index is 0.00000196. The van der Waals surface area contributed by atoms with Crippen molar-refractivity contribution in [3.63, 3.8) is 0 Å². The zero-order valence-corrected chi connectivity index (χ0v) is 12.4. The van der Waals surface area contributed by atoms with Crippen molar-refractivity contribution >= 4 is 6.29 Å². The van der Waals surface area contributed by atoms with Crippen LogP contribution in [0.3, 0.4) is 0 Å². The van der Waals surface area contributed by atoms with Gasteiger partial charge in [0.15, 0.2) is 0 Å². The fourth-order valence-electron chi connectivity index (χ4n) is 1.68. The number of hydrogen-bond donors (Lipinski definition) is 0. The van der Waals surface area contributed by atoms with Crippen LogP contribution >= 0.6 is 0 Å². The largest absolute Gasteiger partial charge is 0.303 e. The van der Waals surface area contributed by atoms with Crippen LogP contribution in [0, 0.1) is 19.9 Å². The predicted octanol–water partition coefficient (Wildman–Crippen LogP) is 3.01. The monoisotopic (exact) mass is 278 g/mol. The summed E-state index contributed by atoms with van der Waals surface area (Å²) < 4.78 is 0. The van der Waals surface area contributed by atoms with E-state index in [0.717, 1.165) is 25.5 Å². The van der Waals surface area contributed by atoms with Gasteiger partial charge in [0.2, 0.25) is 0 Å². The van der Waals surface area contributed by atoms with E-state index in [1.54, 1.807) is 0 Å². The quantitative estimate of drug-likeness (QED) is 0.459. The summed E-state index contributed by atoms with van der Waals surface area (Å²) in [6.07, 6.45) is 4.86. The Morgan fingerprint density at radius 1 is 1.20 bits per heavy atom. The van der Waals surface area contributed by atoms with Crippen molar-refractivity contribution in [3.8, 4) is 0 Å². The Labute approximate surface area is 118 Å². The molecule has 0 spiro atoms. The topological polar surface area (TPSA) is 17.1 Å². The molecule has 1 nitrogen and oxygen atoms in total. The summed E-state index contributed by atoms with van der Waals surface area (Å²) in [6.45, 7) is 4.14. The zero-order chi connectivity index (χ0) is 10.4. The standard InChI is InChI=1S/C13H17O.Y/c1-11-8-12(2)10-13(9-11)6-4-3-5-7-14;/h7,9-10H,3-6H2,1-2H3;/q-1;. The van der Waals surface area contributed by atoms with E-state index >= 15 is 0 Å². The molecular formula is C13H17OY-. The van der Waals surface area contributed by atoms with E-state index in [9.17, 15) is 4.79 Å². The van der Waals surface area contributed by atoms with Gasteiger partial charge in [-0.1, -0.05) is 26.7 Å². The maximum absolute atomic E-state index is 10.1. The SMILES string of the molecule is Cc1[c-]c(C)cc(CCCCC=O)c1.[Y]. The molecule has 0 fully saturated rings. The number of carbonyl (C=O) groups excluding carboxylic acids is 1. The second-order valence-corrected chi connectivity index (χ2v) is 3.77. The average Bonchev–Trinajstić information content (AvgIpc) is 2.11. The number of hydrogen-bond acceptors (Lipinski definition) is 1. The summed E-state index contributed by atoms with van der Waals surface area (Å²) in [6, 6.07) is 7.60. The molecule has 0 heterocycles. The van der Waals surface area contributed by atoms with Gasteiger partial charge in [0.1, 0.15) is 6.29 Å². The molecule has 0 aliphatic rings. The van der Waals surface area contributed by atoms with Crippen LogP contribution in [0.15, 0.2) is 12.1 Å². The van der Waals surface area contributed by atoms with Gasteiger partial charge < -0.3 is 4.79 Å². The molecule has 1 aromatic rings. The molecule has 0 aromatic heterocycles. The van der Waals surface area contributed by atoms with Crippen LogP contribution in [0.4, 0.5) is 0 Å². The average molecular weight is 278 g/mol. The Morgan fingerprint density at radius 3 is 2.33 bits per heavy atom. The molecule has 0 saturated carbocycles. The minimum Gasteiger partial charge on any atom is -0.303 e. The van der Waals surface area contributed by atoms with E-state index in [2.05, 4.69) is 32.0 Å². The van der Waals surface area contributed by atoms with Crippen molar-refractivity contribution < 1.29 is 37.5 Å². The summed E-state index contributed by atoms with van der Waals surface area (Å²) in [5, 5.41) is 0. The molecule has 0 aliphatic carbocycles. The molecular weight excluding hydrogens is 261 g/mol. The van der Waals surface area contributed by atoms with E-state index in [1.807, 2.05) is 0 Å². The van der Waals surface area contributed by atoms with Crippen molar-refractivity contribution in [3.05, 3.63) is 34.9 Å². The smallest absolute Gasteiger partial charge is 0.119 e. The van der Waals surface area contributed by atoms with Crippen LogP contribution in [-0.4, -0.2) is 6.29 Å². The summed E-state index contributed by atoms with van der Waals surface area (Å²) >= 11 is 0. The molecule has 0 unspecified atom stereocenters. The first kappa shape index (κ1) is 15.0. The molecule has 0 amide bonds. The molecule has 15 heavy (non-hydrogen) atoms. The minimum absolute atomic E-state index is 0. The summed E-state index contributed by atoms with van der Waals surface area (Å²) in [7, 11) is 0. The number of unbranched alkanes of at least 4 members (excludes halogenated alkanes) is 2. The van der Waals surface area contributed by atoms with Gasteiger partial charge in [-0.2, -0.15) is 34.9 Å². The van der Waals surface area contributed by atoms with Gasteiger partial charge in [-0.3, -0.25) is 0 Å². The van der Waals surface area contributed by atoms with Crippen molar-refractivity contribution in [2.75, 3.05) is 0 Å².